The van der Waals surface area contributed by atoms with Crippen molar-refractivity contribution in [2.24, 2.45) is 0 Å². The molecule has 1 fully saturated rings. The first-order chi connectivity index (χ1) is 13.7. The molecule has 3 aromatic rings. The molecule has 1 aromatic heterocycles. The van der Waals surface area contributed by atoms with Gasteiger partial charge in [0.25, 0.3) is 0 Å². The molecular formula is C22H25N3O3. The molecule has 0 spiro atoms. The smallest absolute Gasteiger partial charge is 0.232 e. The van der Waals surface area contributed by atoms with Crippen molar-refractivity contribution >= 4 is 0 Å². The van der Waals surface area contributed by atoms with Crippen molar-refractivity contribution in [3.63, 3.8) is 0 Å². The van der Waals surface area contributed by atoms with Crippen LogP contribution < -0.4 is 9.47 Å². The Hall–Kier alpha value is -2.86. The molecule has 0 N–H and O–H groups in total. The minimum Gasteiger partial charge on any atom is -0.497 e. The van der Waals surface area contributed by atoms with Crippen molar-refractivity contribution in [1.82, 2.24) is 15.0 Å². The molecule has 0 radical (unpaired) electrons. The summed E-state index contributed by atoms with van der Waals surface area (Å²) < 4.78 is 16.5. The van der Waals surface area contributed by atoms with Gasteiger partial charge in [-0.3, -0.25) is 4.90 Å². The first-order valence-electron chi connectivity index (χ1n) is 9.57. The van der Waals surface area contributed by atoms with Crippen molar-refractivity contribution < 1.29 is 14.0 Å². The Morgan fingerprint density at radius 1 is 1.11 bits per heavy atom. The topological polar surface area (TPSA) is 60.6 Å². The van der Waals surface area contributed by atoms with Crippen LogP contribution in [-0.2, 0) is 13.0 Å². The lowest BCUT2D eigenvalue weighted by molar-refractivity contribution is 0.117. The monoisotopic (exact) mass is 379 g/mol. The summed E-state index contributed by atoms with van der Waals surface area (Å²) in [5, 5.41) is 4.10. The molecule has 2 heterocycles. The summed E-state index contributed by atoms with van der Waals surface area (Å²) in [6, 6.07) is 16.2. The van der Waals surface area contributed by atoms with Gasteiger partial charge in [-0.05, 0) is 42.3 Å². The minimum atomic E-state index is 0.310. The van der Waals surface area contributed by atoms with E-state index in [9.17, 15) is 0 Å². The molecule has 4 rings (SSSR count). The summed E-state index contributed by atoms with van der Waals surface area (Å²) in [7, 11) is 1.69. The average Bonchev–Trinajstić information content (AvgIpc) is 3.13. The van der Waals surface area contributed by atoms with Crippen molar-refractivity contribution in [2.75, 3.05) is 26.8 Å². The van der Waals surface area contributed by atoms with Gasteiger partial charge < -0.3 is 14.0 Å². The number of ether oxygens (including phenoxy) is 2. The zero-order chi connectivity index (χ0) is 19.3. The second kappa shape index (κ2) is 8.44. The van der Waals surface area contributed by atoms with Crippen LogP contribution in [0.15, 0.2) is 53.1 Å². The molecule has 0 atom stereocenters. The molecule has 1 aliphatic rings. The van der Waals surface area contributed by atoms with Gasteiger partial charge in [0.15, 0.2) is 5.82 Å². The van der Waals surface area contributed by atoms with Crippen LogP contribution in [-0.4, -0.2) is 41.8 Å². The highest BCUT2D eigenvalue weighted by Crippen LogP contribution is 2.28. The van der Waals surface area contributed by atoms with Crippen LogP contribution in [0.2, 0.25) is 0 Å². The van der Waals surface area contributed by atoms with E-state index in [1.807, 2.05) is 30.3 Å². The van der Waals surface area contributed by atoms with Crippen molar-refractivity contribution in [2.45, 2.75) is 25.8 Å². The zero-order valence-corrected chi connectivity index (χ0v) is 16.3. The van der Waals surface area contributed by atoms with E-state index in [1.165, 1.54) is 11.1 Å². The van der Waals surface area contributed by atoms with E-state index in [2.05, 4.69) is 40.2 Å². The molecule has 2 aromatic carbocycles. The van der Waals surface area contributed by atoms with E-state index in [4.69, 9.17) is 14.0 Å². The standard InChI is InChI=1S/C22H25N3O3/c1-16-5-3-8-20(11-16)27-10-9-21-23-22(28-24-21)18-14-25(15-18)13-17-6-4-7-19(12-17)26-2/h3-8,11-12,18H,9-10,13-15H2,1-2H3. The number of benzene rings is 2. The molecule has 0 unspecified atom stereocenters. The first kappa shape index (κ1) is 18.5. The fraction of sp³-hybridized carbons (Fsp3) is 0.364. The Morgan fingerprint density at radius 2 is 1.93 bits per heavy atom. The predicted molar refractivity (Wildman–Crippen MR) is 106 cm³/mol. The van der Waals surface area contributed by atoms with Crippen LogP contribution in [0.3, 0.4) is 0 Å². The molecule has 0 aliphatic carbocycles. The Bertz CT molecular complexity index is 919. The Balaban J connectivity index is 1.23. The van der Waals surface area contributed by atoms with E-state index in [1.54, 1.807) is 7.11 Å². The summed E-state index contributed by atoms with van der Waals surface area (Å²) in [6.07, 6.45) is 0.637. The lowest BCUT2D eigenvalue weighted by Gasteiger charge is -2.37. The molecule has 1 saturated heterocycles. The van der Waals surface area contributed by atoms with Crippen molar-refractivity contribution in [3.8, 4) is 11.5 Å². The minimum absolute atomic E-state index is 0.310. The number of methoxy groups -OCH3 is 1. The highest BCUT2D eigenvalue weighted by Gasteiger charge is 2.32. The van der Waals surface area contributed by atoms with Crippen molar-refractivity contribution in [3.05, 3.63) is 71.4 Å². The lowest BCUT2D eigenvalue weighted by atomic mass is 9.99. The molecule has 0 amide bonds. The Kier molecular flexibility index (Phi) is 5.58. The molecule has 6 nitrogen and oxygen atoms in total. The van der Waals surface area contributed by atoms with Gasteiger partial charge in [-0.25, -0.2) is 0 Å². The van der Waals surface area contributed by atoms with Gasteiger partial charge in [0.1, 0.15) is 11.5 Å². The Labute approximate surface area is 165 Å². The fourth-order valence-corrected chi connectivity index (χ4v) is 3.38. The van der Waals surface area contributed by atoms with Crippen LogP contribution in [0.1, 0.15) is 28.8 Å². The van der Waals surface area contributed by atoms with Crippen LogP contribution in [0.4, 0.5) is 0 Å². The second-order valence-corrected chi connectivity index (χ2v) is 7.21. The van der Waals surface area contributed by atoms with E-state index < -0.39 is 0 Å². The van der Waals surface area contributed by atoms with Crippen molar-refractivity contribution in [1.29, 1.82) is 0 Å². The van der Waals surface area contributed by atoms with Gasteiger partial charge >= 0.3 is 0 Å². The van der Waals surface area contributed by atoms with Crippen LogP contribution in [0.5, 0.6) is 11.5 Å². The van der Waals surface area contributed by atoms with Gasteiger partial charge in [-0.15, -0.1) is 0 Å². The lowest BCUT2D eigenvalue weighted by Crippen LogP contribution is -2.44. The van der Waals surface area contributed by atoms with E-state index in [-0.39, 0.29) is 0 Å². The molecule has 0 saturated carbocycles. The number of aromatic nitrogens is 2. The normalized spacial score (nSPS) is 14.6. The van der Waals surface area contributed by atoms with Gasteiger partial charge in [-0.2, -0.15) is 4.98 Å². The summed E-state index contributed by atoms with van der Waals surface area (Å²) in [6.45, 7) is 5.35. The van der Waals surface area contributed by atoms with Crippen LogP contribution >= 0.6 is 0 Å². The molecule has 1 aliphatic heterocycles. The molecule has 146 valence electrons. The first-order valence-corrected chi connectivity index (χ1v) is 9.57. The number of hydrogen-bond donors (Lipinski definition) is 0. The van der Waals surface area contributed by atoms with Gasteiger partial charge in [-0.1, -0.05) is 29.4 Å². The SMILES string of the molecule is COc1cccc(CN2CC(c3nc(CCOc4cccc(C)c4)no3)C2)c1. The van der Waals surface area contributed by atoms with Crippen LogP contribution in [0.25, 0.3) is 0 Å². The predicted octanol–water partition coefficient (Wildman–Crippen LogP) is 3.61. The molecular weight excluding hydrogens is 354 g/mol. The summed E-state index contributed by atoms with van der Waals surface area (Å²) in [5.74, 6) is 3.51. The maximum Gasteiger partial charge on any atom is 0.232 e. The molecule has 6 heteroatoms. The molecule has 0 bridgehead atoms. The largest absolute Gasteiger partial charge is 0.497 e. The third kappa shape index (κ3) is 4.51. The van der Waals surface area contributed by atoms with E-state index >= 15 is 0 Å². The maximum absolute atomic E-state index is 5.76. The highest BCUT2D eigenvalue weighted by atomic mass is 16.5. The maximum atomic E-state index is 5.76. The average molecular weight is 379 g/mol. The highest BCUT2D eigenvalue weighted by molar-refractivity contribution is 5.29. The second-order valence-electron chi connectivity index (χ2n) is 7.21. The zero-order valence-electron chi connectivity index (χ0n) is 16.3. The van der Waals surface area contributed by atoms with Gasteiger partial charge in [0.05, 0.1) is 19.6 Å². The van der Waals surface area contributed by atoms with Gasteiger partial charge in [0, 0.05) is 26.1 Å². The molecule has 28 heavy (non-hydrogen) atoms. The van der Waals surface area contributed by atoms with Crippen LogP contribution in [0, 0.1) is 6.92 Å². The number of aryl methyl sites for hydroxylation is 1. The number of likely N-dealkylation sites (tertiary alicyclic amines) is 1. The summed E-state index contributed by atoms with van der Waals surface area (Å²) in [5.41, 5.74) is 2.43. The fourth-order valence-electron chi connectivity index (χ4n) is 3.38. The third-order valence-electron chi connectivity index (χ3n) is 4.91. The number of nitrogens with zero attached hydrogens (tertiary/aromatic N) is 3. The quantitative estimate of drug-likeness (QED) is 0.596. The van der Waals surface area contributed by atoms with Gasteiger partial charge in [0.2, 0.25) is 5.89 Å². The Morgan fingerprint density at radius 3 is 2.75 bits per heavy atom. The third-order valence-corrected chi connectivity index (χ3v) is 4.91. The van der Waals surface area contributed by atoms with E-state index in [0.29, 0.717) is 24.8 Å². The summed E-state index contributed by atoms with van der Waals surface area (Å²) >= 11 is 0. The summed E-state index contributed by atoms with van der Waals surface area (Å²) in [4.78, 5) is 6.91. The van der Waals surface area contributed by atoms with E-state index in [0.717, 1.165) is 37.0 Å². The number of hydrogen-bond acceptors (Lipinski definition) is 6. The number of rotatable bonds is 8.